The molecular weight excluding hydrogens is 286 g/mol. The first kappa shape index (κ1) is 13.6. The number of pyridine rings is 1. The number of carboxylic acid groups (broad SMARTS) is 1. The minimum absolute atomic E-state index is 0.0192. The second kappa shape index (κ2) is 5.57. The van der Waals surface area contributed by atoms with Crippen LogP contribution in [0, 0.1) is 6.92 Å². The molecule has 0 bridgehead atoms. The maximum Gasteiger partial charge on any atom is 0.313 e. The second-order valence-electron chi connectivity index (χ2n) is 4.57. The number of aromatic nitrogens is 3. The SMILES string of the molecule is Cc1cn(-c2cccc3cccnc23)c(SCC(=O)O)n1. The lowest BCUT2D eigenvalue weighted by Crippen LogP contribution is -2.02. The summed E-state index contributed by atoms with van der Waals surface area (Å²) in [4.78, 5) is 19.6. The van der Waals surface area contributed by atoms with Crippen molar-refractivity contribution in [3.8, 4) is 5.69 Å². The first-order valence-corrected chi connectivity index (χ1v) is 7.38. The van der Waals surface area contributed by atoms with Crippen LogP contribution < -0.4 is 0 Å². The summed E-state index contributed by atoms with van der Waals surface area (Å²) in [6.45, 7) is 1.89. The van der Waals surface area contributed by atoms with Gasteiger partial charge >= 0.3 is 5.97 Å². The lowest BCUT2D eigenvalue weighted by atomic mass is 10.2. The first-order chi connectivity index (χ1) is 10.1. The second-order valence-corrected chi connectivity index (χ2v) is 5.51. The predicted octanol–water partition coefficient (Wildman–Crippen LogP) is 2.91. The maximum absolute atomic E-state index is 10.8. The van der Waals surface area contributed by atoms with E-state index in [-0.39, 0.29) is 5.75 Å². The zero-order chi connectivity index (χ0) is 14.8. The number of carboxylic acids is 1. The van der Waals surface area contributed by atoms with Gasteiger partial charge in [0.25, 0.3) is 0 Å². The van der Waals surface area contributed by atoms with Gasteiger partial charge in [-0.15, -0.1) is 0 Å². The van der Waals surface area contributed by atoms with Gasteiger partial charge in [-0.1, -0.05) is 30.0 Å². The summed E-state index contributed by atoms with van der Waals surface area (Å²) in [6.07, 6.45) is 3.65. The highest BCUT2D eigenvalue weighted by Gasteiger charge is 2.12. The van der Waals surface area contributed by atoms with Gasteiger partial charge in [0.1, 0.15) is 0 Å². The molecule has 5 nitrogen and oxygen atoms in total. The van der Waals surface area contributed by atoms with E-state index in [4.69, 9.17) is 5.11 Å². The molecule has 1 aromatic carbocycles. The molecule has 0 aliphatic carbocycles. The van der Waals surface area contributed by atoms with Gasteiger partial charge < -0.3 is 5.11 Å². The number of thioether (sulfide) groups is 1. The molecule has 1 N–H and O–H groups in total. The standard InChI is InChI=1S/C15H13N3O2S/c1-10-8-18(15(17-10)21-9-13(19)20)12-6-2-4-11-5-3-7-16-14(11)12/h2-8H,9H2,1H3,(H,19,20). The number of aliphatic carboxylic acids is 1. The van der Waals surface area contributed by atoms with Crippen molar-refractivity contribution in [1.29, 1.82) is 0 Å². The number of nitrogens with zero attached hydrogens (tertiary/aromatic N) is 3. The Labute approximate surface area is 125 Å². The number of imidazole rings is 1. The maximum atomic E-state index is 10.8. The molecule has 3 aromatic rings. The van der Waals surface area contributed by atoms with Crippen LogP contribution in [0.5, 0.6) is 0 Å². The predicted molar refractivity (Wildman–Crippen MR) is 82.0 cm³/mol. The molecule has 0 saturated heterocycles. The van der Waals surface area contributed by atoms with Crippen molar-refractivity contribution in [1.82, 2.24) is 14.5 Å². The van der Waals surface area contributed by atoms with Gasteiger partial charge in [0.05, 0.1) is 22.7 Å². The van der Waals surface area contributed by atoms with E-state index in [0.717, 1.165) is 22.3 Å². The molecular formula is C15H13N3O2S. The molecule has 0 spiro atoms. The third-order valence-electron chi connectivity index (χ3n) is 2.99. The van der Waals surface area contributed by atoms with Crippen molar-refractivity contribution in [2.75, 3.05) is 5.75 Å². The molecule has 21 heavy (non-hydrogen) atoms. The molecule has 3 rings (SSSR count). The summed E-state index contributed by atoms with van der Waals surface area (Å²) in [7, 11) is 0. The fraction of sp³-hybridized carbons (Fsp3) is 0.133. The third kappa shape index (κ3) is 2.75. The summed E-state index contributed by atoms with van der Waals surface area (Å²) in [5.74, 6) is -0.877. The van der Waals surface area contributed by atoms with Gasteiger partial charge in [0.2, 0.25) is 0 Å². The Morgan fingerprint density at radius 2 is 2.14 bits per heavy atom. The zero-order valence-electron chi connectivity index (χ0n) is 11.4. The Bertz CT molecular complexity index is 808. The molecule has 0 amide bonds. The van der Waals surface area contributed by atoms with Gasteiger partial charge in [-0.3, -0.25) is 14.3 Å². The van der Waals surface area contributed by atoms with Gasteiger partial charge in [-0.05, 0) is 19.1 Å². The van der Waals surface area contributed by atoms with Crippen molar-refractivity contribution >= 4 is 28.6 Å². The number of benzene rings is 1. The summed E-state index contributed by atoms with van der Waals surface area (Å²) in [5, 5.41) is 10.5. The highest BCUT2D eigenvalue weighted by Crippen LogP contribution is 2.26. The molecule has 0 atom stereocenters. The van der Waals surface area contributed by atoms with E-state index >= 15 is 0 Å². The van der Waals surface area contributed by atoms with Crippen molar-refractivity contribution in [3.05, 3.63) is 48.4 Å². The van der Waals surface area contributed by atoms with Crippen LogP contribution in [-0.2, 0) is 4.79 Å². The smallest absolute Gasteiger partial charge is 0.313 e. The third-order valence-corrected chi connectivity index (χ3v) is 3.93. The van der Waals surface area contributed by atoms with Crippen LogP contribution in [0.15, 0.2) is 47.9 Å². The molecule has 0 radical (unpaired) electrons. The Balaban J connectivity index is 2.12. The van der Waals surface area contributed by atoms with E-state index in [9.17, 15) is 4.79 Å². The topological polar surface area (TPSA) is 68.0 Å². The van der Waals surface area contributed by atoms with Crippen LogP contribution in [-0.4, -0.2) is 31.4 Å². The molecule has 2 aromatic heterocycles. The number of aryl methyl sites for hydroxylation is 1. The number of rotatable bonds is 4. The summed E-state index contributed by atoms with van der Waals surface area (Å²) in [6, 6.07) is 9.81. The van der Waals surface area contributed by atoms with E-state index in [1.54, 1.807) is 6.20 Å². The van der Waals surface area contributed by atoms with Crippen LogP contribution in [0.4, 0.5) is 0 Å². The highest BCUT2D eigenvalue weighted by molar-refractivity contribution is 7.99. The average Bonchev–Trinajstić information content (AvgIpc) is 2.85. The van der Waals surface area contributed by atoms with Crippen LogP contribution in [0.1, 0.15) is 5.69 Å². The van der Waals surface area contributed by atoms with Crippen LogP contribution in [0.3, 0.4) is 0 Å². The number of hydrogen-bond acceptors (Lipinski definition) is 4. The Hall–Kier alpha value is -2.34. The van der Waals surface area contributed by atoms with Crippen molar-refractivity contribution in [2.45, 2.75) is 12.1 Å². The Morgan fingerprint density at radius 1 is 1.33 bits per heavy atom. The number of hydrogen-bond donors (Lipinski definition) is 1. The average molecular weight is 299 g/mol. The first-order valence-electron chi connectivity index (χ1n) is 6.40. The zero-order valence-corrected chi connectivity index (χ0v) is 12.2. The monoisotopic (exact) mass is 299 g/mol. The molecule has 0 aliphatic rings. The lowest BCUT2D eigenvalue weighted by Gasteiger charge is -2.09. The number of para-hydroxylation sites is 1. The highest BCUT2D eigenvalue weighted by atomic mass is 32.2. The van der Waals surface area contributed by atoms with Gasteiger partial charge in [-0.25, -0.2) is 4.98 Å². The lowest BCUT2D eigenvalue weighted by molar-refractivity contribution is -0.133. The van der Waals surface area contributed by atoms with E-state index < -0.39 is 5.97 Å². The minimum atomic E-state index is -0.858. The number of fused-ring (bicyclic) bond motifs is 1. The molecule has 0 unspecified atom stereocenters. The molecule has 2 heterocycles. The summed E-state index contributed by atoms with van der Waals surface area (Å²) >= 11 is 1.20. The van der Waals surface area contributed by atoms with E-state index in [0.29, 0.717) is 5.16 Å². The molecule has 0 aliphatic heterocycles. The van der Waals surface area contributed by atoms with E-state index in [2.05, 4.69) is 9.97 Å². The quantitative estimate of drug-likeness (QED) is 0.750. The minimum Gasteiger partial charge on any atom is -0.481 e. The molecule has 6 heteroatoms. The summed E-state index contributed by atoms with van der Waals surface area (Å²) < 4.78 is 1.90. The van der Waals surface area contributed by atoms with E-state index in [1.807, 2.05) is 48.0 Å². The van der Waals surface area contributed by atoms with E-state index in [1.165, 1.54) is 11.8 Å². The largest absolute Gasteiger partial charge is 0.481 e. The normalized spacial score (nSPS) is 10.9. The fourth-order valence-corrected chi connectivity index (χ4v) is 2.91. The van der Waals surface area contributed by atoms with Gasteiger partial charge in [0, 0.05) is 17.8 Å². The van der Waals surface area contributed by atoms with Crippen molar-refractivity contribution in [3.63, 3.8) is 0 Å². The van der Waals surface area contributed by atoms with Crippen LogP contribution in [0.2, 0.25) is 0 Å². The van der Waals surface area contributed by atoms with Gasteiger partial charge in [-0.2, -0.15) is 0 Å². The van der Waals surface area contributed by atoms with Crippen molar-refractivity contribution in [2.24, 2.45) is 0 Å². The van der Waals surface area contributed by atoms with Gasteiger partial charge in [0.15, 0.2) is 5.16 Å². The molecule has 0 saturated carbocycles. The van der Waals surface area contributed by atoms with Crippen LogP contribution >= 0.6 is 11.8 Å². The molecule has 0 fully saturated rings. The Kier molecular flexibility index (Phi) is 3.62. The van der Waals surface area contributed by atoms with Crippen LogP contribution in [0.25, 0.3) is 16.6 Å². The Morgan fingerprint density at radius 3 is 2.95 bits per heavy atom. The molecule has 106 valence electrons. The fourth-order valence-electron chi connectivity index (χ4n) is 2.16. The summed E-state index contributed by atoms with van der Waals surface area (Å²) in [5.41, 5.74) is 2.62. The number of carbonyl (C=O) groups is 1. The van der Waals surface area contributed by atoms with Crippen molar-refractivity contribution < 1.29 is 9.90 Å².